The van der Waals surface area contributed by atoms with Crippen molar-refractivity contribution >= 4 is 17.2 Å². The molecule has 0 aliphatic carbocycles. The van der Waals surface area contributed by atoms with Crippen molar-refractivity contribution in [2.45, 2.75) is 20.8 Å². The number of anilines is 1. The summed E-state index contributed by atoms with van der Waals surface area (Å²) in [7, 11) is 1.83. The largest absolute Gasteiger partial charge is 0.461 e. The Kier molecular flexibility index (Phi) is 4.69. The fraction of sp³-hybridized carbons (Fsp3) is 0.385. The third-order valence-electron chi connectivity index (χ3n) is 2.46. The van der Waals surface area contributed by atoms with Gasteiger partial charge in [-0.15, -0.1) is 0 Å². The molecule has 1 rings (SSSR count). The molecule has 0 aliphatic rings. The molecule has 17 heavy (non-hydrogen) atoms. The first-order valence-electron chi connectivity index (χ1n) is 5.63. The zero-order valence-corrected chi connectivity index (χ0v) is 10.7. The van der Waals surface area contributed by atoms with Crippen molar-refractivity contribution in [1.29, 1.82) is 0 Å². The van der Waals surface area contributed by atoms with E-state index in [1.165, 1.54) is 0 Å². The van der Waals surface area contributed by atoms with E-state index < -0.39 is 0 Å². The topological polar surface area (TPSA) is 51.2 Å². The van der Waals surface area contributed by atoms with Crippen molar-refractivity contribution in [2.24, 2.45) is 0 Å². The molecular weight excluding hydrogens is 216 g/mol. The number of nitrogens with one attached hydrogen (secondary N) is 1. The molecule has 0 amide bonds. The van der Waals surface area contributed by atoms with E-state index in [1.54, 1.807) is 13.0 Å². The lowest BCUT2D eigenvalue weighted by Crippen LogP contribution is -2.09. The van der Waals surface area contributed by atoms with Crippen LogP contribution in [0.5, 0.6) is 0 Å². The van der Waals surface area contributed by atoms with E-state index in [4.69, 9.17) is 4.74 Å². The van der Waals surface area contributed by atoms with Crippen LogP contribution in [-0.2, 0) is 4.74 Å². The predicted octanol–water partition coefficient (Wildman–Crippen LogP) is 2.72. The van der Waals surface area contributed by atoms with Crippen LogP contribution in [0.1, 0.15) is 37.0 Å². The lowest BCUT2D eigenvalue weighted by Gasteiger charge is -2.10. The molecule has 0 fully saturated rings. The van der Waals surface area contributed by atoms with Gasteiger partial charge in [-0.05, 0) is 38.5 Å². The smallest absolute Gasteiger partial charge is 0.356 e. The Hall–Kier alpha value is -1.84. The Morgan fingerprint density at radius 1 is 1.53 bits per heavy atom. The molecule has 0 aromatic carbocycles. The number of hydrogen-bond acceptors (Lipinski definition) is 4. The molecule has 0 bridgehead atoms. The van der Waals surface area contributed by atoms with Gasteiger partial charge in [-0.2, -0.15) is 0 Å². The van der Waals surface area contributed by atoms with Gasteiger partial charge in [0.25, 0.3) is 0 Å². The fourth-order valence-electron chi connectivity index (χ4n) is 1.42. The molecule has 0 atom stereocenters. The Bertz CT molecular complexity index is 439. The molecule has 0 spiro atoms. The maximum absolute atomic E-state index is 11.6. The van der Waals surface area contributed by atoms with Crippen molar-refractivity contribution in [1.82, 2.24) is 4.98 Å². The molecule has 0 unspecified atom stereocenters. The minimum atomic E-state index is -0.389. The lowest BCUT2D eigenvalue weighted by atomic mass is 10.1. The van der Waals surface area contributed by atoms with Crippen molar-refractivity contribution < 1.29 is 9.53 Å². The Balaban J connectivity index is 3.17. The van der Waals surface area contributed by atoms with Gasteiger partial charge in [-0.1, -0.05) is 6.08 Å². The summed E-state index contributed by atoms with van der Waals surface area (Å²) in [4.78, 5) is 15.9. The second kappa shape index (κ2) is 6.03. The normalized spacial score (nSPS) is 11.2. The number of pyridine rings is 1. The van der Waals surface area contributed by atoms with E-state index in [9.17, 15) is 4.79 Å². The first kappa shape index (κ1) is 13.2. The minimum absolute atomic E-state index is 0.335. The van der Waals surface area contributed by atoms with E-state index in [0.29, 0.717) is 12.3 Å². The zero-order chi connectivity index (χ0) is 12.8. The summed E-state index contributed by atoms with van der Waals surface area (Å²) < 4.78 is 4.93. The summed E-state index contributed by atoms with van der Waals surface area (Å²) in [6.07, 6.45) is 1.96. The number of nitrogens with zero attached hydrogens (tertiary/aromatic N) is 1. The molecule has 0 saturated heterocycles. The van der Waals surface area contributed by atoms with Gasteiger partial charge in [-0.25, -0.2) is 9.78 Å². The Morgan fingerprint density at radius 2 is 2.24 bits per heavy atom. The van der Waals surface area contributed by atoms with Crippen molar-refractivity contribution in [3.05, 3.63) is 29.6 Å². The quantitative estimate of drug-likeness (QED) is 0.814. The number of aromatic nitrogens is 1. The average molecular weight is 234 g/mol. The van der Waals surface area contributed by atoms with Gasteiger partial charge in [0.15, 0.2) is 0 Å². The van der Waals surface area contributed by atoms with Crippen molar-refractivity contribution in [3.63, 3.8) is 0 Å². The van der Waals surface area contributed by atoms with Gasteiger partial charge in [0, 0.05) is 7.05 Å². The van der Waals surface area contributed by atoms with Crippen LogP contribution in [-0.4, -0.2) is 24.6 Å². The number of hydrogen-bond donors (Lipinski definition) is 1. The molecule has 1 aromatic rings. The summed E-state index contributed by atoms with van der Waals surface area (Å²) in [5, 5.41) is 3.05. The molecule has 1 N–H and O–H groups in total. The van der Waals surface area contributed by atoms with Crippen molar-refractivity contribution in [2.75, 3.05) is 19.0 Å². The zero-order valence-electron chi connectivity index (χ0n) is 10.7. The van der Waals surface area contributed by atoms with E-state index in [1.807, 2.05) is 33.0 Å². The standard InChI is InChI=1S/C13H18N2O2/c1-5-9(3)12-10(14-4)7-8-11(15-12)13(16)17-6-2/h5,7-8,14H,6H2,1-4H3/b9-5+. The summed E-state index contributed by atoms with van der Waals surface area (Å²) in [6.45, 7) is 6.02. The van der Waals surface area contributed by atoms with Crippen LogP contribution in [0.25, 0.3) is 5.57 Å². The van der Waals surface area contributed by atoms with Crippen LogP contribution in [0.3, 0.4) is 0 Å². The van der Waals surface area contributed by atoms with Crippen LogP contribution in [0.4, 0.5) is 5.69 Å². The van der Waals surface area contributed by atoms with Gasteiger partial charge >= 0.3 is 5.97 Å². The first-order valence-corrected chi connectivity index (χ1v) is 5.63. The lowest BCUT2D eigenvalue weighted by molar-refractivity contribution is 0.0519. The summed E-state index contributed by atoms with van der Waals surface area (Å²) in [6, 6.07) is 3.50. The number of rotatable bonds is 4. The van der Waals surface area contributed by atoms with Crippen LogP contribution in [0, 0.1) is 0 Å². The van der Waals surface area contributed by atoms with Gasteiger partial charge < -0.3 is 10.1 Å². The third-order valence-corrected chi connectivity index (χ3v) is 2.46. The molecule has 92 valence electrons. The molecule has 0 saturated carbocycles. The number of allylic oxidation sites excluding steroid dienone is 2. The predicted molar refractivity (Wildman–Crippen MR) is 69.1 cm³/mol. The minimum Gasteiger partial charge on any atom is -0.461 e. The highest BCUT2D eigenvalue weighted by molar-refractivity contribution is 5.88. The third kappa shape index (κ3) is 3.06. The molecular formula is C13H18N2O2. The molecule has 1 aromatic heterocycles. The number of carbonyl (C=O) groups excluding carboxylic acids is 1. The highest BCUT2D eigenvalue weighted by Gasteiger charge is 2.12. The molecule has 0 radical (unpaired) electrons. The maximum Gasteiger partial charge on any atom is 0.356 e. The van der Waals surface area contributed by atoms with Gasteiger partial charge in [0.1, 0.15) is 5.69 Å². The first-order chi connectivity index (χ1) is 8.13. The molecule has 4 heteroatoms. The fourth-order valence-corrected chi connectivity index (χ4v) is 1.42. The maximum atomic E-state index is 11.6. The Labute approximate surface area is 102 Å². The van der Waals surface area contributed by atoms with Crippen molar-refractivity contribution in [3.8, 4) is 0 Å². The summed E-state index contributed by atoms with van der Waals surface area (Å²) in [5.74, 6) is -0.389. The monoisotopic (exact) mass is 234 g/mol. The number of carbonyl (C=O) groups is 1. The van der Waals surface area contributed by atoms with Gasteiger partial charge in [-0.3, -0.25) is 0 Å². The number of ether oxygens (including phenoxy) is 1. The van der Waals surface area contributed by atoms with Gasteiger partial charge in [0.05, 0.1) is 18.0 Å². The van der Waals surface area contributed by atoms with Crippen LogP contribution < -0.4 is 5.32 Å². The SMILES string of the molecule is C/C=C(\C)c1nc(C(=O)OCC)ccc1NC. The summed E-state index contributed by atoms with van der Waals surface area (Å²) >= 11 is 0. The van der Waals surface area contributed by atoms with E-state index in [2.05, 4.69) is 10.3 Å². The van der Waals surface area contributed by atoms with Crippen LogP contribution in [0.15, 0.2) is 18.2 Å². The second-order valence-electron chi connectivity index (χ2n) is 3.53. The summed E-state index contributed by atoms with van der Waals surface area (Å²) in [5.41, 5.74) is 3.02. The molecule has 0 aliphatic heterocycles. The average Bonchev–Trinajstić information content (AvgIpc) is 2.37. The molecule has 1 heterocycles. The number of esters is 1. The van der Waals surface area contributed by atoms with Gasteiger partial charge in [0.2, 0.25) is 0 Å². The second-order valence-corrected chi connectivity index (χ2v) is 3.53. The van der Waals surface area contributed by atoms with Crippen LogP contribution in [0.2, 0.25) is 0 Å². The van der Waals surface area contributed by atoms with E-state index >= 15 is 0 Å². The molecule has 4 nitrogen and oxygen atoms in total. The highest BCUT2D eigenvalue weighted by Crippen LogP contribution is 2.21. The Morgan fingerprint density at radius 3 is 2.76 bits per heavy atom. The highest BCUT2D eigenvalue weighted by atomic mass is 16.5. The van der Waals surface area contributed by atoms with E-state index in [-0.39, 0.29) is 5.97 Å². The van der Waals surface area contributed by atoms with Crippen LogP contribution >= 0.6 is 0 Å². The van der Waals surface area contributed by atoms with E-state index in [0.717, 1.165) is 17.0 Å².